The van der Waals surface area contributed by atoms with Gasteiger partial charge in [-0.25, -0.2) is 4.98 Å². The van der Waals surface area contributed by atoms with E-state index >= 15 is 0 Å². The van der Waals surface area contributed by atoms with Crippen LogP contribution < -0.4 is 5.32 Å². The van der Waals surface area contributed by atoms with Crippen molar-refractivity contribution in [1.29, 1.82) is 0 Å². The SMILES string of the molecule is Cc1ccc2nc(CCNCc3ccco3)[nH]c2c1. The smallest absolute Gasteiger partial charge is 0.117 e. The van der Waals surface area contributed by atoms with Crippen LogP contribution in [0.1, 0.15) is 17.1 Å². The third-order valence-corrected chi connectivity index (χ3v) is 3.10. The van der Waals surface area contributed by atoms with Gasteiger partial charge < -0.3 is 14.7 Å². The van der Waals surface area contributed by atoms with Crippen LogP contribution in [0.25, 0.3) is 11.0 Å². The van der Waals surface area contributed by atoms with Crippen LogP contribution in [0.15, 0.2) is 41.0 Å². The Morgan fingerprint density at radius 1 is 1.32 bits per heavy atom. The van der Waals surface area contributed by atoms with Crippen molar-refractivity contribution in [2.45, 2.75) is 19.9 Å². The second-order valence-electron chi connectivity index (χ2n) is 4.71. The minimum absolute atomic E-state index is 0.756. The molecule has 0 atom stereocenters. The summed E-state index contributed by atoms with van der Waals surface area (Å²) < 4.78 is 5.26. The molecule has 0 bridgehead atoms. The van der Waals surface area contributed by atoms with Crippen molar-refractivity contribution in [3.8, 4) is 0 Å². The number of furan rings is 1. The summed E-state index contributed by atoms with van der Waals surface area (Å²) in [6.07, 6.45) is 2.58. The molecule has 19 heavy (non-hydrogen) atoms. The lowest BCUT2D eigenvalue weighted by Gasteiger charge is -2.00. The first-order valence-electron chi connectivity index (χ1n) is 6.49. The highest BCUT2D eigenvalue weighted by molar-refractivity contribution is 5.75. The fraction of sp³-hybridized carbons (Fsp3) is 0.267. The third kappa shape index (κ3) is 2.85. The number of fused-ring (bicyclic) bond motifs is 1. The van der Waals surface area contributed by atoms with Crippen molar-refractivity contribution >= 4 is 11.0 Å². The molecule has 2 aromatic heterocycles. The van der Waals surface area contributed by atoms with Gasteiger partial charge in [0.25, 0.3) is 0 Å². The number of benzene rings is 1. The molecule has 2 heterocycles. The zero-order valence-corrected chi connectivity index (χ0v) is 10.9. The minimum atomic E-state index is 0.756. The highest BCUT2D eigenvalue weighted by Gasteiger charge is 2.02. The molecule has 3 aromatic rings. The number of aryl methyl sites for hydroxylation is 1. The predicted molar refractivity (Wildman–Crippen MR) is 74.9 cm³/mol. The van der Waals surface area contributed by atoms with E-state index in [2.05, 4.69) is 40.4 Å². The number of hydrogen-bond donors (Lipinski definition) is 2. The van der Waals surface area contributed by atoms with Gasteiger partial charge in [-0.2, -0.15) is 0 Å². The summed E-state index contributed by atoms with van der Waals surface area (Å²) >= 11 is 0. The molecule has 0 radical (unpaired) electrons. The number of rotatable bonds is 5. The van der Waals surface area contributed by atoms with Gasteiger partial charge in [0.15, 0.2) is 0 Å². The number of nitrogens with zero attached hydrogens (tertiary/aromatic N) is 1. The molecular weight excluding hydrogens is 238 g/mol. The highest BCUT2D eigenvalue weighted by atomic mass is 16.3. The Balaban J connectivity index is 1.56. The summed E-state index contributed by atoms with van der Waals surface area (Å²) in [6, 6.07) is 10.1. The first kappa shape index (κ1) is 12.0. The van der Waals surface area contributed by atoms with Gasteiger partial charge in [0, 0.05) is 13.0 Å². The van der Waals surface area contributed by atoms with E-state index in [1.54, 1.807) is 6.26 Å². The van der Waals surface area contributed by atoms with Crippen molar-refractivity contribution in [3.05, 3.63) is 53.7 Å². The second kappa shape index (κ2) is 5.28. The standard InChI is InChI=1S/C15H17N3O/c1-11-4-5-13-14(9-11)18-15(17-13)6-7-16-10-12-3-2-8-19-12/h2-5,8-9,16H,6-7,10H2,1H3,(H,17,18). The fourth-order valence-corrected chi connectivity index (χ4v) is 2.13. The normalized spacial score (nSPS) is 11.2. The third-order valence-electron chi connectivity index (χ3n) is 3.10. The van der Waals surface area contributed by atoms with Gasteiger partial charge in [-0.05, 0) is 36.8 Å². The van der Waals surface area contributed by atoms with Gasteiger partial charge in [0.1, 0.15) is 11.6 Å². The van der Waals surface area contributed by atoms with Gasteiger partial charge in [0.2, 0.25) is 0 Å². The van der Waals surface area contributed by atoms with Crippen LogP contribution in [0.3, 0.4) is 0 Å². The zero-order chi connectivity index (χ0) is 13.1. The van der Waals surface area contributed by atoms with Crippen LogP contribution >= 0.6 is 0 Å². The Bertz CT molecular complexity index is 655. The molecule has 0 amide bonds. The molecule has 0 aliphatic heterocycles. The largest absolute Gasteiger partial charge is 0.468 e. The molecule has 4 nitrogen and oxygen atoms in total. The van der Waals surface area contributed by atoms with E-state index < -0.39 is 0 Å². The van der Waals surface area contributed by atoms with E-state index in [-0.39, 0.29) is 0 Å². The van der Waals surface area contributed by atoms with Crippen molar-refractivity contribution < 1.29 is 4.42 Å². The van der Waals surface area contributed by atoms with Crippen LogP contribution in [0.2, 0.25) is 0 Å². The first-order valence-corrected chi connectivity index (χ1v) is 6.49. The number of hydrogen-bond acceptors (Lipinski definition) is 3. The van der Waals surface area contributed by atoms with E-state index in [9.17, 15) is 0 Å². The van der Waals surface area contributed by atoms with Crippen LogP contribution in [0.5, 0.6) is 0 Å². The predicted octanol–water partition coefficient (Wildman–Crippen LogP) is 2.80. The summed E-state index contributed by atoms with van der Waals surface area (Å²) in [5, 5.41) is 3.34. The topological polar surface area (TPSA) is 53.9 Å². The van der Waals surface area contributed by atoms with Gasteiger partial charge in [-0.3, -0.25) is 0 Å². The van der Waals surface area contributed by atoms with Crippen LogP contribution in [0, 0.1) is 6.92 Å². The lowest BCUT2D eigenvalue weighted by molar-refractivity contribution is 0.483. The molecule has 4 heteroatoms. The van der Waals surface area contributed by atoms with Gasteiger partial charge in [-0.15, -0.1) is 0 Å². The average Bonchev–Trinajstić information content (AvgIpc) is 3.02. The Labute approximate surface area is 111 Å². The fourth-order valence-electron chi connectivity index (χ4n) is 2.13. The van der Waals surface area contributed by atoms with Gasteiger partial charge in [0.05, 0.1) is 23.8 Å². The molecule has 3 rings (SSSR count). The Morgan fingerprint density at radius 3 is 3.11 bits per heavy atom. The van der Waals surface area contributed by atoms with E-state index in [1.165, 1.54) is 5.56 Å². The summed E-state index contributed by atoms with van der Waals surface area (Å²) in [4.78, 5) is 7.92. The first-order chi connectivity index (χ1) is 9.31. The number of nitrogens with one attached hydrogen (secondary N) is 2. The summed E-state index contributed by atoms with van der Waals surface area (Å²) in [6.45, 7) is 3.72. The molecule has 0 aliphatic carbocycles. The maximum atomic E-state index is 5.26. The van der Waals surface area contributed by atoms with E-state index in [4.69, 9.17) is 4.42 Å². The lowest BCUT2D eigenvalue weighted by atomic mass is 10.2. The molecule has 0 saturated carbocycles. The van der Waals surface area contributed by atoms with E-state index in [1.807, 2.05) is 12.1 Å². The minimum Gasteiger partial charge on any atom is -0.468 e. The summed E-state index contributed by atoms with van der Waals surface area (Å²) in [5.74, 6) is 1.98. The average molecular weight is 255 g/mol. The van der Waals surface area contributed by atoms with E-state index in [0.717, 1.165) is 42.1 Å². The Hall–Kier alpha value is -2.07. The number of aromatic nitrogens is 2. The molecule has 2 N–H and O–H groups in total. The van der Waals surface area contributed by atoms with Gasteiger partial charge in [-0.1, -0.05) is 6.07 Å². The van der Waals surface area contributed by atoms with E-state index in [0.29, 0.717) is 0 Å². The lowest BCUT2D eigenvalue weighted by Crippen LogP contribution is -2.16. The molecule has 1 aromatic carbocycles. The number of imidazole rings is 1. The Morgan fingerprint density at radius 2 is 2.26 bits per heavy atom. The summed E-state index contributed by atoms with van der Waals surface area (Å²) in [5.41, 5.74) is 3.39. The molecule has 0 fully saturated rings. The van der Waals surface area contributed by atoms with Crippen LogP contribution in [-0.4, -0.2) is 16.5 Å². The maximum Gasteiger partial charge on any atom is 0.117 e. The van der Waals surface area contributed by atoms with Gasteiger partial charge >= 0.3 is 0 Å². The zero-order valence-electron chi connectivity index (χ0n) is 10.9. The number of aromatic amines is 1. The van der Waals surface area contributed by atoms with Crippen molar-refractivity contribution in [2.24, 2.45) is 0 Å². The highest BCUT2D eigenvalue weighted by Crippen LogP contribution is 2.13. The van der Waals surface area contributed by atoms with Crippen molar-refractivity contribution in [3.63, 3.8) is 0 Å². The van der Waals surface area contributed by atoms with Crippen molar-refractivity contribution in [2.75, 3.05) is 6.54 Å². The molecule has 0 unspecified atom stereocenters. The molecular formula is C15H17N3O. The molecule has 98 valence electrons. The van der Waals surface area contributed by atoms with Crippen molar-refractivity contribution in [1.82, 2.24) is 15.3 Å². The second-order valence-corrected chi connectivity index (χ2v) is 4.71. The molecule has 0 saturated heterocycles. The molecule has 0 aliphatic rings. The maximum absolute atomic E-state index is 5.26. The molecule has 0 spiro atoms. The Kier molecular flexibility index (Phi) is 3.33. The van der Waals surface area contributed by atoms with Crippen LogP contribution in [-0.2, 0) is 13.0 Å². The quantitative estimate of drug-likeness (QED) is 0.689. The number of H-pyrrole nitrogens is 1. The monoisotopic (exact) mass is 255 g/mol. The van der Waals surface area contributed by atoms with Crippen LogP contribution in [0.4, 0.5) is 0 Å². The summed E-state index contributed by atoms with van der Waals surface area (Å²) in [7, 11) is 0.